The number of fused-ring (bicyclic) bond motifs is 1. The number of hydrogen-bond acceptors (Lipinski definition) is 4. The topological polar surface area (TPSA) is 89.0 Å². The van der Waals surface area contributed by atoms with Crippen molar-refractivity contribution in [2.45, 2.75) is 39.5 Å². The van der Waals surface area contributed by atoms with Crippen LogP contribution in [0.1, 0.15) is 41.6 Å². The van der Waals surface area contributed by atoms with Gasteiger partial charge < -0.3 is 15.2 Å². The van der Waals surface area contributed by atoms with Crippen molar-refractivity contribution in [3.05, 3.63) is 32.7 Å². The Kier molecular flexibility index (Phi) is 6.85. The van der Waals surface area contributed by atoms with Crippen LogP contribution < -0.4 is 10.9 Å². The van der Waals surface area contributed by atoms with E-state index in [2.05, 4.69) is 10.3 Å². The van der Waals surface area contributed by atoms with Gasteiger partial charge in [0.05, 0.1) is 0 Å². The normalized spacial score (nSPS) is 22.1. The number of pyridine rings is 1. The van der Waals surface area contributed by atoms with Gasteiger partial charge >= 0.3 is 0 Å². The van der Waals surface area contributed by atoms with Crippen LogP contribution in [-0.4, -0.2) is 42.0 Å². The lowest BCUT2D eigenvalue weighted by Crippen LogP contribution is -2.33. The van der Waals surface area contributed by atoms with E-state index in [1.807, 2.05) is 17.9 Å². The molecule has 3 rings (SSSR count). The first-order valence-corrected chi connectivity index (χ1v) is 9.12. The summed E-state index contributed by atoms with van der Waals surface area (Å²) in [5.74, 6) is 1.59. The average molecular weight is 379 g/mol. The lowest BCUT2D eigenvalue weighted by Gasteiger charge is -2.21. The number of carbonyl (C=O) groups excluding carboxylic acids is 1. The number of rotatable bonds is 3. The molecule has 0 aliphatic carbocycles. The number of amides is 1. The molecular weight excluding hydrogens is 352 g/mol. The maximum atomic E-state index is 12.7. The van der Waals surface area contributed by atoms with Crippen LogP contribution in [0.5, 0.6) is 0 Å². The Morgan fingerprint density at radius 1 is 1.23 bits per heavy atom. The summed E-state index contributed by atoms with van der Waals surface area (Å²) in [6.07, 6.45) is 3.15. The molecule has 0 aromatic carbocycles. The summed E-state index contributed by atoms with van der Waals surface area (Å²) in [6.45, 7) is 7.47. The SMILES string of the molecule is Cc1[nH]c(=O)c(C#N)c(C)c1CCC(=O)N1CC[C@@H]2CNC[C@@H]2CC1.Cl. The molecule has 6 nitrogen and oxygen atoms in total. The van der Waals surface area contributed by atoms with Crippen LogP contribution in [0, 0.1) is 37.0 Å². The number of likely N-dealkylation sites (tertiary alicyclic amines) is 1. The summed E-state index contributed by atoms with van der Waals surface area (Å²) in [6, 6.07) is 1.97. The van der Waals surface area contributed by atoms with Crippen LogP contribution in [0.4, 0.5) is 0 Å². The van der Waals surface area contributed by atoms with Crippen LogP contribution in [0.25, 0.3) is 0 Å². The minimum atomic E-state index is -0.347. The predicted octanol–water partition coefficient (Wildman–Crippen LogP) is 1.68. The smallest absolute Gasteiger partial charge is 0.266 e. The maximum Gasteiger partial charge on any atom is 0.266 e. The zero-order chi connectivity index (χ0) is 18.0. The van der Waals surface area contributed by atoms with E-state index in [1.165, 1.54) is 0 Å². The molecule has 2 aliphatic rings. The molecule has 2 fully saturated rings. The molecule has 0 spiro atoms. The summed E-state index contributed by atoms with van der Waals surface area (Å²) in [7, 11) is 0. The van der Waals surface area contributed by atoms with E-state index in [0.717, 1.165) is 50.3 Å². The van der Waals surface area contributed by atoms with Crippen LogP contribution in [0.3, 0.4) is 0 Å². The number of nitrogens with one attached hydrogen (secondary N) is 2. The van der Waals surface area contributed by atoms with Crippen molar-refractivity contribution >= 4 is 18.3 Å². The Morgan fingerprint density at radius 3 is 2.42 bits per heavy atom. The number of carbonyl (C=O) groups is 1. The molecule has 1 aromatic rings. The van der Waals surface area contributed by atoms with Gasteiger partial charge in [0, 0.05) is 25.2 Å². The van der Waals surface area contributed by atoms with Gasteiger partial charge in [0.2, 0.25) is 5.91 Å². The number of halogens is 1. The molecular formula is C19H27ClN4O2. The Labute approximate surface area is 160 Å². The van der Waals surface area contributed by atoms with Gasteiger partial charge in [-0.05, 0) is 69.2 Å². The van der Waals surface area contributed by atoms with Gasteiger partial charge in [-0.3, -0.25) is 9.59 Å². The van der Waals surface area contributed by atoms with Crippen molar-refractivity contribution in [1.29, 1.82) is 5.26 Å². The molecule has 142 valence electrons. The van der Waals surface area contributed by atoms with Crippen molar-refractivity contribution in [2.75, 3.05) is 26.2 Å². The first kappa shape index (κ1) is 20.5. The molecule has 2 saturated heterocycles. The van der Waals surface area contributed by atoms with E-state index in [4.69, 9.17) is 5.26 Å². The minimum absolute atomic E-state index is 0. The molecule has 2 N–H and O–H groups in total. The standard InChI is InChI=1S/C19H26N4O2.ClH/c1-12-16(13(2)22-19(25)17(12)9-20)3-4-18(24)23-7-5-14-10-21-11-15(14)6-8-23;/h14-15,21H,3-8,10-11H2,1-2H3,(H,22,25);1H/t14-,15+;. The quantitative estimate of drug-likeness (QED) is 0.837. The highest BCUT2D eigenvalue weighted by Crippen LogP contribution is 2.27. The number of aromatic nitrogens is 1. The van der Waals surface area contributed by atoms with E-state index in [1.54, 1.807) is 6.92 Å². The van der Waals surface area contributed by atoms with E-state index < -0.39 is 0 Å². The largest absolute Gasteiger partial charge is 0.343 e. The molecule has 0 radical (unpaired) electrons. The van der Waals surface area contributed by atoms with E-state index in [0.29, 0.717) is 30.2 Å². The van der Waals surface area contributed by atoms with E-state index >= 15 is 0 Å². The van der Waals surface area contributed by atoms with Crippen molar-refractivity contribution in [1.82, 2.24) is 15.2 Å². The molecule has 0 unspecified atom stereocenters. The molecule has 1 aromatic heterocycles. The van der Waals surface area contributed by atoms with Crippen molar-refractivity contribution in [3.63, 3.8) is 0 Å². The summed E-state index contributed by atoms with van der Waals surface area (Å²) < 4.78 is 0. The average Bonchev–Trinajstić information content (AvgIpc) is 2.93. The first-order chi connectivity index (χ1) is 12.0. The van der Waals surface area contributed by atoms with E-state index in [-0.39, 0.29) is 29.4 Å². The third kappa shape index (κ3) is 4.11. The Balaban J connectivity index is 0.00000243. The number of nitriles is 1. The molecule has 26 heavy (non-hydrogen) atoms. The number of hydrogen-bond donors (Lipinski definition) is 2. The van der Waals surface area contributed by atoms with Gasteiger partial charge in [0.25, 0.3) is 5.56 Å². The summed E-state index contributed by atoms with van der Waals surface area (Å²) in [5.41, 5.74) is 2.18. The van der Waals surface area contributed by atoms with Gasteiger partial charge in [-0.1, -0.05) is 0 Å². The Morgan fingerprint density at radius 2 is 1.85 bits per heavy atom. The fourth-order valence-electron chi connectivity index (χ4n) is 4.28. The number of aromatic amines is 1. The predicted molar refractivity (Wildman–Crippen MR) is 102 cm³/mol. The van der Waals surface area contributed by atoms with Crippen molar-refractivity contribution < 1.29 is 4.79 Å². The van der Waals surface area contributed by atoms with Crippen LogP contribution in [0.2, 0.25) is 0 Å². The third-order valence-corrected chi connectivity index (χ3v) is 5.88. The molecule has 3 heterocycles. The highest BCUT2D eigenvalue weighted by atomic mass is 35.5. The zero-order valence-electron chi connectivity index (χ0n) is 15.4. The zero-order valence-corrected chi connectivity index (χ0v) is 16.2. The fourth-order valence-corrected chi connectivity index (χ4v) is 4.28. The molecule has 0 bridgehead atoms. The van der Waals surface area contributed by atoms with Crippen LogP contribution >= 0.6 is 12.4 Å². The number of nitrogens with zero attached hydrogens (tertiary/aromatic N) is 2. The summed E-state index contributed by atoms with van der Waals surface area (Å²) in [5, 5.41) is 12.6. The second-order valence-corrected chi connectivity index (χ2v) is 7.31. The second-order valence-electron chi connectivity index (χ2n) is 7.31. The van der Waals surface area contributed by atoms with Crippen LogP contribution in [0.15, 0.2) is 4.79 Å². The highest BCUT2D eigenvalue weighted by Gasteiger charge is 2.31. The monoisotopic (exact) mass is 378 g/mol. The van der Waals surface area contributed by atoms with Crippen molar-refractivity contribution in [2.24, 2.45) is 11.8 Å². The third-order valence-electron chi connectivity index (χ3n) is 5.88. The maximum absolute atomic E-state index is 12.7. The van der Waals surface area contributed by atoms with Gasteiger partial charge in [-0.15, -0.1) is 12.4 Å². The minimum Gasteiger partial charge on any atom is -0.343 e. The Bertz CT molecular complexity index is 754. The van der Waals surface area contributed by atoms with Gasteiger partial charge in [0.1, 0.15) is 11.6 Å². The highest BCUT2D eigenvalue weighted by molar-refractivity contribution is 5.85. The Hall–Kier alpha value is -1.84. The van der Waals surface area contributed by atoms with Gasteiger partial charge in [-0.2, -0.15) is 5.26 Å². The van der Waals surface area contributed by atoms with Crippen molar-refractivity contribution in [3.8, 4) is 6.07 Å². The lowest BCUT2D eigenvalue weighted by molar-refractivity contribution is -0.131. The number of aryl methyl sites for hydroxylation is 1. The molecule has 0 saturated carbocycles. The number of H-pyrrole nitrogens is 1. The summed E-state index contributed by atoms with van der Waals surface area (Å²) >= 11 is 0. The molecule has 1 amide bonds. The molecule has 7 heteroatoms. The lowest BCUT2D eigenvalue weighted by atomic mass is 9.92. The molecule has 2 atom stereocenters. The second kappa shape index (κ2) is 8.70. The van der Waals surface area contributed by atoms with Crippen LogP contribution in [-0.2, 0) is 11.2 Å². The summed E-state index contributed by atoms with van der Waals surface area (Å²) in [4.78, 5) is 29.2. The molecule has 2 aliphatic heterocycles. The first-order valence-electron chi connectivity index (χ1n) is 9.12. The fraction of sp³-hybridized carbons (Fsp3) is 0.632. The van der Waals surface area contributed by atoms with Gasteiger partial charge in [0.15, 0.2) is 0 Å². The van der Waals surface area contributed by atoms with Gasteiger partial charge in [-0.25, -0.2) is 0 Å². The van der Waals surface area contributed by atoms with E-state index in [9.17, 15) is 9.59 Å².